The van der Waals surface area contributed by atoms with Crippen LogP contribution in [-0.4, -0.2) is 9.97 Å². The van der Waals surface area contributed by atoms with Crippen LogP contribution >= 0.6 is 11.3 Å². The molecule has 0 aliphatic heterocycles. The van der Waals surface area contributed by atoms with Gasteiger partial charge in [0.15, 0.2) is 5.65 Å². The van der Waals surface area contributed by atoms with Gasteiger partial charge < -0.3 is 0 Å². The van der Waals surface area contributed by atoms with E-state index in [4.69, 9.17) is 0 Å². The second-order valence-electron chi connectivity index (χ2n) is 3.55. The van der Waals surface area contributed by atoms with E-state index >= 15 is 0 Å². The average Bonchev–Trinajstić information content (AvgIpc) is 2.53. The summed E-state index contributed by atoms with van der Waals surface area (Å²) in [5.41, 5.74) is 2.80. The molecule has 2 heterocycles. The number of pyridine rings is 1. The number of aromatic amines is 1. The number of aromatic nitrogens is 2. The van der Waals surface area contributed by atoms with Gasteiger partial charge in [-0.25, -0.2) is 4.98 Å². The zero-order chi connectivity index (χ0) is 10.4. The second-order valence-corrected chi connectivity index (χ2v) is 4.56. The Morgan fingerprint density at radius 2 is 2.20 bits per heavy atom. The van der Waals surface area contributed by atoms with Gasteiger partial charge in [-0.3, -0.25) is 9.78 Å². The molecule has 0 saturated heterocycles. The Labute approximate surface area is 89.4 Å². The van der Waals surface area contributed by atoms with Crippen molar-refractivity contribution < 1.29 is 0 Å². The van der Waals surface area contributed by atoms with E-state index in [0.717, 1.165) is 15.6 Å². The van der Waals surface area contributed by atoms with Gasteiger partial charge >= 0.3 is 4.87 Å². The largest absolute Gasteiger partial charge is 0.306 e. The maximum atomic E-state index is 11.2. The third kappa shape index (κ3) is 1.34. The molecular formula is C11H8N2OS. The fourth-order valence-corrected chi connectivity index (χ4v) is 2.39. The van der Waals surface area contributed by atoms with Gasteiger partial charge in [0.05, 0.1) is 10.2 Å². The lowest BCUT2D eigenvalue weighted by Crippen LogP contribution is -1.90. The van der Waals surface area contributed by atoms with Crippen molar-refractivity contribution in [1.29, 1.82) is 0 Å². The lowest BCUT2D eigenvalue weighted by Gasteiger charge is -1.98. The van der Waals surface area contributed by atoms with Crippen LogP contribution in [-0.2, 0) is 0 Å². The first-order valence-electron chi connectivity index (χ1n) is 4.62. The zero-order valence-corrected chi connectivity index (χ0v) is 8.89. The molecule has 0 radical (unpaired) electrons. The number of thiazole rings is 1. The molecule has 1 aromatic carbocycles. The third-order valence-electron chi connectivity index (χ3n) is 2.36. The van der Waals surface area contributed by atoms with Crippen LogP contribution in [0.3, 0.4) is 0 Å². The molecule has 0 spiro atoms. The van der Waals surface area contributed by atoms with Gasteiger partial charge in [-0.15, -0.1) is 0 Å². The molecule has 0 bridgehead atoms. The van der Waals surface area contributed by atoms with Crippen molar-refractivity contribution in [3.8, 4) is 0 Å². The van der Waals surface area contributed by atoms with Crippen LogP contribution in [0.25, 0.3) is 21.3 Å². The number of rotatable bonds is 0. The predicted molar refractivity (Wildman–Crippen MR) is 62.5 cm³/mol. The topological polar surface area (TPSA) is 45.8 Å². The van der Waals surface area contributed by atoms with E-state index in [2.05, 4.69) is 16.0 Å². The molecule has 3 rings (SSSR count). The van der Waals surface area contributed by atoms with E-state index in [0.29, 0.717) is 5.65 Å². The smallest absolute Gasteiger partial charge is 0.297 e. The Balaban J connectivity index is 2.51. The van der Waals surface area contributed by atoms with Gasteiger partial charge in [0.1, 0.15) is 0 Å². The quantitative estimate of drug-likeness (QED) is 0.627. The summed E-state index contributed by atoms with van der Waals surface area (Å²) in [7, 11) is 0. The van der Waals surface area contributed by atoms with Crippen molar-refractivity contribution >= 4 is 32.6 Å². The van der Waals surface area contributed by atoms with E-state index < -0.39 is 0 Å². The first kappa shape index (κ1) is 8.61. The maximum absolute atomic E-state index is 11.2. The van der Waals surface area contributed by atoms with Crippen molar-refractivity contribution in [3.05, 3.63) is 39.5 Å². The Morgan fingerprint density at radius 3 is 3.07 bits per heavy atom. The van der Waals surface area contributed by atoms with Crippen molar-refractivity contribution in [2.24, 2.45) is 0 Å². The second kappa shape index (κ2) is 2.90. The summed E-state index contributed by atoms with van der Waals surface area (Å²) in [5, 5.41) is 1.08. The average molecular weight is 216 g/mol. The molecule has 0 aliphatic carbocycles. The number of benzene rings is 1. The summed E-state index contributed by atoms with van der Waals surface area (Å²) in [4.78, 5) is 18.2. The molecule has 0 atom stereocenters. The number of aryl methyl sites for hydroxylation is 1. The van der Waals surface area contributed by atoms with E-state index in [1.54, 1.807) is 0 Å². The highest BCUT2D eigenvalue weighted by Gasteiger charge is 2.03. The van der Waals surface area contributed by atoms with Crippen LogP contribution in [0, 0.1) is 6.92 Å². The highest BCUT2D eigenvalue weighted by Crippen LogP contribution is 2.20. The lowest BCUT2D eigenvalue weighted by molar-refractivity contribution is 1.32. The van der Waals surface area contributed by atoms with Crippen molar-refractivity contribution in [3.63, 3.8) is 0 Å². The Bertz CT molecular complexity index is 711. The van der Waals surface area contributed by atoms with Gasteiger partial charge in [0.2, 0.25) is 0 Å². The van der Waals surface area contributed by atoms with Gasteiger partial charge in [-0.2, -0.15) is 0 Å². The van der Waals surface area contributed by atoms with Crippen LogP contribution < -0.4 is 4.87 Å². The summed E-state index contributed by atoms with van der Waals surface area (Å²) in [6.07, 6.45) is 0. The normalized spacial score (nSPS) is 11.3. The molecule has 15 heavy (non-hydrogen) atoms. The van der Waals surface area contributed by atoms with E-state index in [1.807, 2.05) is 25.1 Å². The molecule has 2 aromatic heterocycles. The number of fused-ring (bicyclic) bond motifs is 2. The molecule has 0 saturated carbocycles. The van der Waals surface area contributed by atoms with Crippen LogP contribution in [0.4, 0.5) is 0 Å². The summed E-state index contributed by atoms with van der Waals surface area (Å²) in [6.45, 7) is 2.04. The van der Waals surface area contributed by atoms with Crippen molar-refractivity contribution in [1.82, 2.24) is 9.97 Å². The predicted octanol–water partition coefficient (Wildman–Crippen LogP) is 2.45. The Hall–Kier alpha value is -1.68. The molecule has 3 aromatic rings. The number of hydrogen-bond acceptors (Lipinski definition) is 3. The standard InChI is InChI=1S/C11H8N2OS/c1-6-2-3-8-7(4-6)5-9-10(12-8)13-11(14)15-9/h2-5H,1H3,(H,12,13,14). The SMILES string of the molecule is Cc1ccc2nc3[nH]c(=O)sc3cc2c1. The highest BCUT2D eigenvalue weighted by molar-refractivity contribution is 7.16. The van der Waals surface area contributed by atoms with E-state index in [1.165, 1.54) is 16.9 Å². The molecular weight excluding hydrogens is 208 g/mol. The minimum Gasteiger partial charge on any atom is -0.297 e. The summed E-state index contributed by atoms with van der Waals surface area (Å²) >= 11 is 1.20. The van der Waals surface area contributed by atoms with Crippen molar-refractivity contribution in [2.45, 2.75) is 6.92 Å². The van der Waals surface area contributed by atoms with Crippen LogP contribution in [0.5, 0.6) is 0 Å². The van der Waals surface area contributed by atoms with Crippen LogP contribution in [0.1, 0.15) is 5.56 Å². The van der Waals surface area contributed by atoms with Crippen LogP contribution in [0.2, 0.25) is 0 Å². The first-order valence-corrected chi connectivity index (χ1v) is 5.44. The summed E-state index contributed by atoms with van der Waals surface area (Å²) < 4.78 is 0.915. The number of hydrogen-bond donors (Lipinski definition) is 1. The molecule has 0 unspecified atom stereocenters. The molecule has 1 N–H and O–H groups in total. The lowest BCUT2D eigenvalue weighted by atomic mass is 10.1. The van der Waals surface area contributed by atoms with Gasteiger partial charge in [0, 0.05) is 5.39 Å². The van der Waals surface area contributed by atoms with Crippen molar-refractivity contribution in [2.75, 3.05) is 0 Å². The Kier molecular flexibility index (Phi) is 1.67. The number of H-pyrrole nitrogens is 1. The molecule has 3 nitrogen and oxygen atoms in total. The zero-order valence-electron chi connectivity index (χ0n) is 8.07. The summed E-state index contributed by atoms with van der Waals surface area (Å²) in [6, 6.07) is 8.07. The van der Waals surface area contributed by atoms with Gasteiger partial charge in [-0.05, 0) is 25.1 Å². The van der Waals surface area contributed by atoms with E-state index in [-0.39, 0.29) is 4.87 Å². The molecule has 74 valence electrons. The van der Waals surface area contributed by atoms with E-state index in [9.17, 15) is 4.79 Å². The molecule has 0 aliphatic rings. The van der Waals surface area contributed by atoms with Gasteiger partial charge in [-0.1, -0.05) is 23.0 Å². The molecule has 4 heteroatoms. The van der Waals surface area contributed by atoms with Gasteiger partial charge in [0.25, 0.3) is 0 Å². The maximum Gasteiger partial charge on any atom is 0.306 e. The molecule has 0 fully saturated rings. The third-order valence-corrected chi connectivity index (χ3v) is 3.18. The fraction of sp³-hybridized carbons (Fsp3) is 0.0909. The Morgan fingerprint density at radius 1 is 1.33 bits per heavy atom. The minimum atomic E-state index is -0.0514. The number of nitrogens with zero attached hydrogens (tertiary/aromatic N) is 1. The summed E-state index contributed by atoms with van der Waals surface area (Å²) in [5.74, 6) is 0. The first-order chi connectivity index (χ1) is 7.22. The number of nitrogens with one attached hydrogen (secondary N) is 1. The monoisotopic (exact) mass is 216 g/mol. The minimum absolute atomic E-state index is 0.0514. The van der Waals surface area contributed by atoms with Crippen LogP contribution in [0.15, 0.2) is 29.1 Å². The molecule has 0 amide bonds. The fourth-order valence-electron chi connectivity index (χ4n) is 1.67. The highest BCUT2D eigenvalue weighted by atomic mass is 32.1.